The molecule has 3 rings (SSSR count). The second-order valence-corrected chi connectivity index (χ2v) is 4.97. The SMILES string of the molecule is O=C(CCN1C(=O)c2cccnc2C1=O)Nc1ccc(F)cc1. The fourth-order valence-electron chi connectivity index (χ4n) is 2.29. The molecule has 0 saturated carbocycles. The summed E-state index contributed by atoms with van der Waals surface area (Å²) in [5.41, 5.74) is 0.799. The molecule has 0 spiro atoms. The van der Waals surface area contributed by atoms with Crippen LogP contribution in [0.2, 0.25) is 0 Å². The molecule has 3 amide bonds. The predicted octanol–water partition coefficient (Wildman–Crippen LogP) is 1.85. The highest BCUT2D eigenvalue weighted by molar-refractivity contribution is 6.20. The van der Waals surface area contributed by atoms with Gasteiger partial charge < -0.3 is 5.32 Å². The fourth-order valence-corrected chi connectivity index (χ4v) is 2.29. The van der Waals surface area contributed by atoms with Crippen molar-refractivity contribution in [3.63, 3.8) is 0 Å². The number of aromatic nitrogens is 1. The molecule has 7 heteroatoms. The molecule has 23 heavy (non-hydrogen) atoms. The number of carbonyl (C=O) groups excluding carboxylic acids is 3. The molecule has 2 heterocycles. The number of pyridine rings is 1. The Kier molecular flexibility index (Phi) is 3.84. The molecular weight excluding hydrogens is 301 g/mol. The largest absolute Gasteiger partial charge is 0.326 e. The second kappa shape index (κ2) is 5.96. The maximum Gasteiger partial charge on any atom is 0.280 e. The van der Waals surface area contributed by atoms with Crippen LogP contribution in [0, 0.1) is 5.82 Å². The number of halogens is 1. The van der Waals surface area contributed by atoms with Gasteiger partial charge >= 0.3 is 0 Å². The Morgan fingerprint density at radius 3 is 2.57 bits per heavy atom. The van der Waals surface area contributed by atoms with Gasteiger partial charge in [-0.15, -0.1) is 0 Å². The van der Waals surface area contributed by atoms with Crippen LogP contribution in [0.25, 0.3) is 0 Å². The first-order valence-corrected chi connectivity index (χ1v) is 6.93. The number of hydrogen-bond donors (Lipinski definition) is 1. The van der Waals surface area contributed by atoms with Crippen molar-refractivity contribution >= 4 is 23.4 Å². The Bertz CT molecular complexity index is 754. The van der Waals surface area contributed by atoms with E-state index in [2.05, 4.69) is 10.3 Å². The normalized spacial score (nSPS) is 13.2. The van der Waals surface area contributed by atoms with E-state index in [1.54, 1.807) is 6.07 Å². The molecular formula is C16H12FN3O3. The predicted molar refractivity (Wildman–Crippen MR) is 79.3 cm³/mol. The van der Waals surface area contributed by atoms with Crippen molar-refractivity contribution < 1.29 is 18.8 Å². The molecule has 6 nitrogen and oxygen atoms in total. The summed E-state index contributed by atoms with van der Waals surface area (Å²) in [4.78, 5) is 41.0. The van der Waals surface area contributed by atoms with Gasteiger partial charge in [-0.25, -0.2) is 4.39 Å². The van der Waals surface area contributed by atoms with E-state index >= 15 is 0 Å². The van der Waals surface area contributed by atoms with Crippen LogP contribution in [-0.2, 0) is 4.79 Å². The minimum absolute atomic E-state index is 0.0406. The van der Waals surface area contributed by atoms with E-state index in [0.29, 0.717) is 5.69 Å². The Morgan fingerprint density at radius 2 is 1.87 bits per heavy atom. The smallest absolute Gasteiger partial charge is 0.280 e. The molecule has 2 aromatic rings. The van der Waals surface area contributed by atoms with Gasteiger partial charge in [-0.2, -0.15) is 0 Å². The standard InChI is InChI=1S/C16H12FN3O3/c17-10-3-5-11(6-4-10)19-13(21)7-9-20-15(22)12-2-1-8-18-14(12)16(20)23/h1-6,8H,7,9H2,(H,19,21). The number of carbonyl (C=O) groups is 3. The van der Waals surface area contributed by atoms with Crippen molar-refractivity contribution in [3.05, 3.63) is 59.7 Å². The van der Waals surface area contributed by atoms with Gasteiger partial charge in [0.25, 0.3) is 11.8 Å². The topological polar surface area (TPSA) is 79.4 Å². The highest BCUT2D eigenvalue weighted by atomic mass is 19.1. The minimum atomic E-state index is -0.500. The molecule has 1 aliphatic heterocycles. The average molecular weight is 313 g/mol. The molecule has 116 valence electrons. The van der Waals surface area contributed by atoms with Gasteiger partial charge in [-0.1, -0.05) is 0 Å². The lowest BCUT2D eigenvalue weighted by molar-refractivity contribution is -0.116. The lowest BCUT2D eigenvalue weighted by Gasteiger charge is -2.13. The van der Waals surface area contributed by atoms with E-state index < -0.39 is 17.6 Å². The first kappa shape index (κ1) is 14.8. The zero-order valence-electron chi connectivity index (χ0n) is 12.0. The van der Waals surface area contributed by atoms with Crippen LogP contribution in [0.1, 0.15) is 27.3 Å². The molecule has 0 unspecified atom stereocenters. The zero-order chi connectivity index (χ0) is 16.4. The number of fused-ring (bicyclic) bond motifs is 1. The minimum Gasteiger partial charge on any atom is -0.326 e. The third-order valence-electron chi connectivity index (χ3n) is 3.42. The second-order valence-electron chi connectivity index (χ2n) is 4.97. The lowest BCUT2D eigenvalue weighted by Crippen LogP contribution is -2.33. The molecule has 1 aliphatic rings. The van der Waals surface area contributed by atoms with E-state index in [1.165, 1.54) is 36.5 Å². The summed E-state index contributed by atoms with van der Waals surface area (Å²) in [7, 11) is 0. The number of amides is 3. The van der Waals surface area contributed by atoms with Crippen molar-refractivity contribution in [2.75, 3.05) is 11.9 Å². The number of rotatable bonds is 4. The van der Waals surface area contributed by atoms with Crippen LogP contribution in [0.3, 0.4) is 0 Å². The van der Waals surface area contributed by atoms with Gasteiger partial charge in [0, 0.05) is 24.8 Å². The maximum absolute atomic E-state index is 12.8. The third-order valence-corrected chi connectivity index (χ3v) is 3.42. The maximum atomic E-state index is 12.8. The third kappa shape index (κ3) is 2.94. The molecule has 0 bridgehead atoms. The Hall–Kier alpha value is -3.09. The van der Waals surface area contributed by atoms with Gasteiger partial charge in [0.2, 0.25) is 5.91 Å². The molecule has 0 atom stereocenters. The van der Waals surface area contributed by atoms with Crippen LogP contribution < -0.4 is 5.32 Å². The highest BCUT2D eigenvalue weighted by Crippen LogP contribution is 2.20. The zero-order valence-corrected chi connectivity index (χ0v) is 12.0. The number of hydrogen-bond acceptors (Lipinski definition) is 4. The van der Waals surface area contributed by atoms with Crippen LogP contribution in [-0.4, -0.2) is 34.2 Å². The van der Waals surface area contributed by atoms with Crippen molar-refractivity contribution in [2.24, 2.45) is 0 Å². The van der Waals surface area contributed by atoms with Gasteiger partial charge in [0.05, 0.1) is 5.56 Å². The van der Waals surface area contributed by atoms with Crippen LogP contribution in [0.4, 0.5) is 10.1 Å². The molecule has 0 fully saturated rings. The van der Waals surface area contributed by atoms with E-state index in [-0.39, 0.29) is 30.1 Å². The van der Waals surface area contributed by atoms with Crippen molar-refractivity contribution in [2.45, 2.75) is 6.42 Å². The number of anilines is 1. The summed E-state index contributed by atoms with van der Waals surface area (Å²) < 4.78 is 12.8. The monoisotopic (exact) mass is 313 g/mol. The molecule has 1 aromatic carbocycles. The van der Waals surface area contributed by atoms with E-state index in [0.717, 1.165) is 4.90 Å². The van der Waals surface area contributed by atoms with Gasteiger partial charge in [0.1, 0.15) is 11.5 Å². The first-order chi connectivity index (χ1) is 11.1. The summed E-state index contributed by atoms with van der Waals surface area (Å²) >= 11 is 0. The Morgan fingerprint density at radius 1 is 1.13 bits per heavy atom. The molecule has 1 aromatic heterocycles. The number of imide groups is 1. The van der Waals surface area contributed by atoms with E-state index in [9.17, 15) is 18.8 Å². The summed E-state index contributed by atoms with van der Waals surface area (Å²) in [6, 6.07) is 8.42. The molecule has 0 radical (unpaired) electrons. The molecule has 0 saturated heterocycles. The number of nitrogens with one attached hydrogen (secondary N) is 1. The van der Waals surface area contributed by atoms with Crippen molar-refractivity contribution in [1.29, 1.82) is 0 Å². The Labute approximate surface area is 130 Å². The quantitative estimate of drug-likeness (QED) is 0.874. The average Bonchev–Trinajstić information content (AvgIpc) is 2.80. The Balaban J connectivity index is 1.61. The van der Waals surface area contributed by atoms with E-state index in [4.69, 9.17) is 0 Å². The van der Waals surface area contributed by atoms with Crippen molar-refractivity contribution in [1.82, 2.24) is 9.88 Å². The number of nitrogens with zero attached hydrogens (tertiary/aromatic N) is 2. The van der Waals surface area contributed by atoms with Crippen LogP contribution >= 0.6 is 0 Å². The van der Waals surface area contributed by atoms with Gasteiger partial charge in [0.15, 0.2) is 0 Å². The fraction of sp³-hybridized carbons (Fsp3) is 0.125. The summed E-state index contributed by atoms with van der Waals surface area (Å²) in [6.07, 6.45) is 1.39. The van der Waals surface area contributed by atoms with Crippen molar-refractivity contribution in [3.8, 4) is 0 Å². The summed E-state index contributed by atoms with van der Waals surface area (Å²) in [6.45, 7) is -0.0406. The molecule has 0 aliphatic carbocycles. The van der Waals surface area contributed by atoms with E-state index in [1.807, 2.05) is 0 Å². The van der Waals surface area contributed by atoms with Gasteiger partial charge in [-0.3, -0.25) is 24.3 Å². The molecule has 1 N–H and O–H groups in total. The highest BCUT2D eigenvalue weighted by Gasteiger charge is 2.36. The first-order valence-electron chi connectivity index (χ1n) is 6.93. The lowest BCUT2D eigenvalue weighted by atomic mass is 10.2. The van der Waals surface area contributed by atoms with Gasteiger partial charge in [-0.05, 0) is 36.4 Å². The summed E-state index contributed by atoms with van der Waals surface area (Å²) in [5, 5.41) is 2.57. The van der Waals surface area contributed by atoms with Crippen LogP contribution in [0.15, 0.2) is 42.6 Å². The number of benzene rings is 1. The summed E-state index contributed by atoms with van der Waals surface area (Å²) in [5.74, 6) is -1.73. The van der Waals surface area contributed by atoms with Crippen LogP contribution in [0.5, 0.6) is 0 Å².